The molecule has 0 amide bonds. The van der Waals surface area contributed by atoms with Crippen LogP contribution in [0.5, 0.6) is 11.5 Å². The van der Waals surface area contributed by atoms with Gasteiger partial charge in [-0.15, -0.1) is 0 Å². The number of aromatic nitrogens is 2. The zero-order valence-electron chi connectivity index (χ0n) is 15.8. The molecule has 1 aromatic carbocycles. The Bertz CT molecular complexity index is 1130. The van der Waals surface area contributed by atoms with Gasteiger partial charge in [-0.05, 0) is 44.0 Å². The Morgan fingerprint density at radius 1 is 1.14 bits per heavy atom. The quantitative estimate of drug-likeness (QED) is 0.480. The van der Waals surface area contributed by atoms with Gasteiger partial charge in [0.25, 0.3) is 5.71 Å². The summed E-state index contributed by atoms with van der Waals surface area (Å²) in [4.78, 5) is 29.7. The van der Waals surface area contributed by atoms with Gasteiger partial charge in [0.1, 0.15) is 13.2 Å². The summed E-state index contributed by atoms with van der Waals surface area (Å²) in [5.74, 6) is 0.509. The van der Waals surface area contributed by atoms with Crippen LogP contribution in [0.3, 0.4) is 0 Å². The van der Waals surface area contributed by atoms with Crippen LogP contribution in [0, 0.1) is 6.92 Å². The van der Waals surface area contributed by atoms with E-state index in [4.69, 9.17) is 18.7 Å². The zero-order chi connectivity index (χ0) is 20.0. The van der Waals surface area contributed by atoms with E-state index < -0.39 is 5.97 Å². The molecule has 29 heavy (non-hydrogen) atoms. The topological polar surface area (TPSA) is 101 Å². The summed E-state index contributed by atoms with van der Waals surface area (Å²) < 4.78 is 21.5. The minimum absolute atomic E-state index is 0.317. The third kappa shape index (κ3) is 3.30. The van der Waals surface area contributed by atoms with Crippen LogP contribution in [0.25, 0.3) is 11.1 Å². The zero-order valence-corrected chi connectivity index (χ0v) is 15.8. The fraction of sp³-hybridized carbons (Fsp3) is 0.333. The molecule has 1 aliphatic carbocycles. The van der Waals surface area contributed by atoms with Crippen molar-refractivity contribution in [1.29, 1.82) is 0 Å². The molecule has 0 spiro atoms. The SMILES string of the molecule is Cc1noc2nc(C3CC3)cc(C(=O)OCC(=O)c3ccc4c(c3)OCCO4)c12. The lowest BCUT2D eigenvalue weighted by Gasteiger charge is -2.18. The number of carbonyl (C=O) groups is 2. The van der Waals surface area contributed by atoms with Gasteiger partial charge in [-0.25, -0.2) is 9.78 Å². The van der Waals surface area contributed by atoms with Crippen molar-refractivity contribution >= 4 is 22.9 Å². The smallest absolute Gasteiger partial charge is 0.339 e. The second-order valence-electron chi connectivity index (χ2n) is 7.17. The van der Waals surface area contributed by atoms with E-state index in [1.54, 1.807) is 31.2 Å². The van der Waals surface area contributed by atoms with E-state index in [1.165, 1.54) is 0 Å². The summed E-state index contributed by atoms with van der Waals surface area (Å²) in [6.07, 6.45) is 2.06. The van der Waals surface area contributed by atoms with Crippen molar-refractivity contribution in [2.24, 2.45) is 0 Å². The van der Waals surface area contributed by atoms with Gasteiger partial charge in [-0.1, -0.05) is 5.16 Å². The molecule has 0 unspecified atom stereocenters. The van der Waals surface area contributed by atoms with E-state index in [0.29, 0.717) is 58.6 Å². The molecule has 8 nitrogen and oxygen atoms in total. The van der Waals surface area contributed by atoms with Crippen molar-refractivity contribution in [2.45, 2.75) is 25.7 Å². The molecule has 8 heteroatoms. The average Bonchev–Trinajstić information content (AvgIpc) is 3.54. The molecule has 5 rings (SSSR count). The summed E-state index contributed by atoms with van der Waals surface area (Å²) in [6.45, 7) is 2.26. The summed E-state index contributed by atoms with van der Waals surface area (Å²) in [7, 11) is 0. The van der Waals surface area contributed by atoms with E-state index in [0.717, 1.165) is 18.5 Å². The number of Topliss-reactive ketones (excluding diaryl/α,β-unsaturated/α-hetero) is 1. The highest BCUT2D eigenvalue weighted by Gasteiger charge is 2.29. The van der Waals surface area contributed by atoms with Crippen LogP contribution >= 0.6 is 0 Å². The molecule has 0 radical (unpaired) electrons. The van der Waals surface area contributed by atoms with Crippen LogP contribution in [0.2, 0.25) is 0 Å². The predicted octanol–water partition coefficient (Wildman–Crippen LogP) is 3.22. The van der Waals surface area contributed by atoms with Crippen LogP contribution in [-0.2, 0) is 4.74 Å². The molecule has 0 bridgehead atoms. The van der Waals surface area contributed by atoms with Crippen LogP contribution < -0.4 is 9.47 Å². The molecule has 148 valence electrons. The number of hydrogen-bond acceptors (Lipinski definition) is 8. The lowest BCUT2D eigenvalue weighted by molar-refractivity contribution is 0.0476. The lowest BCUT2D eigenvalue weighted by atomic mass is 10.1. The van der Waals surface area contributed by atoms with Gasteiger partial charge in [0.05, 0.1) is 16.6 Å². The van der Waals surface area contributed by atoms with E-state index in [9.17, 15) is 9.59 Å². The Hall–Kier alpha value is -3.42. The van der Waals surface area contributed by atoms with Crippen LogP contribution in [0.15, 0.2) is 28.8 Å². The second-order valence-corrected chi connectivity index (χ2v) is 7.17. The molecular formula is C21H18N2O6. The first kappa shape index (κ1) is 17.7. The maximum absolute atomic E-state index is 12.8. The van der Waals surface area contributed by atoms with Gasteiger partial charge in [0.15, 0.2) is 23.9 Å². The van der Waals surface area contributed by atoms with Crippen molar-refractivity contribution in [3.8, 4) is 11.5 Å². The van der Waals surface area contributed by atoms with Gasteiger partial charge in [-0.3, -0.25) is 4.79 Å². The van der Waals surface area contributed by atoms with Crippen molar-refractivity contribution in [2.75, 3.05) is 19.8 Å². The molecule has 0 atom stereocenters. The number of carbonyl (C=O) groups excluding carboxylic acids is 2. The van der Waals surface area contributed by atoms with Crippen molar-refractivity contribution in [3.05, 3.63) is 46.8 Å². The molecule has 0 saturated heterocycles. The van der Waals surface area contributed by atoms with Crippen molar-refractivity contribution < 1.29 is 28.3 Å². The first-order valence-electron chi connectivity index (χ1n) is 9.47. The fourth-order valence-corrected chi connectivity index (χ4v) is 3.37. The van der Waals surface area contributed by atoms with E-state index in [2.05, 4.69) is 10.1 Å². The van der Waals surface area contributed by atoms with Gasteiger partial charge in [-0.2, -0.15) is 0 Å². The minimum atomic E-state index is -0.600. The first-order chi connectivity index (χ1) is 14.1. The Morgan fingerprint density at radius 2 is 1.93 bits per heavy atom. The van der Waals surface area contributed by atoms with Gasteiger partial charge in [0, 0.05) is 17.2 Å². The monoisotopic (exact) mass is 394 g/mol. The molecule has 1 fully saturated rings. The number of benzene rings is 1. The van der Waals surface area contributed by atoms with E-state index in [-0.39, 0.29) is 12.4 Å². The molecule has 2 aromatic heterocycles. The molecule has 2 aliphatic rings. The van der Waals surface area contributed by atoms with E-state index in [1.807, 2.05) is 0 Å². The molecule has 0 N–H and O–H groups in total. The lowest BCUT2D eigenvalue weighted by Crippen LogP contribution is -2.17. The number of pyridine rings is 1. The summed E-state index contributed by atoms with van der Waals surface area (Å²) in [5.41, 5.74) is 2.38. The first-order valence-corrected chi connectivity index (χ1v) is 9.47. The summed E-state index contributed by atoms with van der Waals surface area (Å²) in [5, 5.41) is 4.43. The third-order valence-corrected chi connectivity index (χ3v) is 5.05. The van der Waals surface area contributed by atoms with E-state index >= 15 is 0 Å². The van der Waals surface area contributed by atoms with Gasteiger partial charge in [0.2, 0.25) is 0 Å². The Morgan fingerprint density at radius 3 is 2.72 bits per heavy atom. The Balaban J connectivity index is 1.35. The number of fused-ring (bicyclic) bond motifs is 2. The number of nitrogens with zero attached hydrogens (tertiary/aromatic N) is 2. The molecular weight excluding hydrogens is 376 g/mol. The van der Waals surface area contributed by atoms with Gasteiger partial charge >= 0.3 is 5.97 Å². The Kier molecular flexibility index (Phi) is 4.19. The molecule has 1 aliphatic heterocycles. The number of rotatable bonds is 5. The number of aryl methyl sites for hydroxylation is 1. The highest BCUT2D eigenvalue weighted by atomic mass is 16.6. The predicted molar refractivity (Wildman–Crippen MR) is 101 cm³/mol. The highest BCUT2D eigenvalue weighted by molar-refractivity contribution is 6.05. The Labute approximate surface area is 165 Å². The maximum Gasteiger partial charge on any atom is 0.339 e. The van der Waals surface area contributed by atoms with Crippen molar-refractivity contribution in [1.82, 2.24) is 10.1 Å². The fourth-order valence-electron chi connectivity index (χ4n) is 3.37. The average molecular weight is 394 g/mol. The van der Waals surface area contributed by atoms with Crippen LogP contribution in [0.1, 0.15) is 50.9 Å². The minimum Gasteiger partial charge on any atom is -0.486 e. The largest absolute Gasteiger partial charge is 0.486 e. The number of esters is 1. The highest BCUT2D eigenvalue weighted by Crippen LogP contribution is 2.40. The molecule has 3 aromatic rings. The normalized spacial score (nSPS) is 15.3. The number of ether oxygens (including phenoxy) is 3. The standard InChI is InChI=1S/C21H18N2O6/c1-11-19-14(9-15(12-2-3-12)22-20(19)29-23-11)21(25)28-10-16(24)13-4-5-17-18(8-13)27-7-6-26-17/h4-5,8-9,12H,2-3,6-7,10H2,1H3. The van der Waals surface area contributed by atoms with Gasteiger partial charge < -0.3 is 18.7 Å². The van der Waals surface area contributed by atoms with Crippen LogP contribution in [-0.4, -0.2) is 41.7 Å². The summed E-state index contributed by atoms with van der Waals surface area (Å²) >= 11 is 0. The third-order valence-electron chi connectivity index (χ3n) is 5.05. The number of ketones is 1. The maximum atomic E-state index is 12.8. The number of hydrogen-bond donors (Lipinski definition) is 0. The second kappa shape index (κ2) is 6.88. The summed E-state index contributed by atoms with van der Waals surface area (Å²) in [6, 6.07) is 6.63. The molecule has 1 saturated carbocycles. The van der Waals surface area contributed by atoms with Crippen LogP contribution in [0.4, 0.5) is 0 Å². The van der Waals surface area contributed by atoms with Crippen molar-refractivity contribution in [3.63, 3.8) is 0 Å². The molecule has 3 heterocycles.